The highest BCUT2D eigenvalue weighted by Crippen LogP contribution is 2.07. The third kappa shape index (κ3) is 1.21. The molecule has 1 heterocycles. The van der Waals surface area contributed by atoms with Crippen LogP contribution in [0.25, 0.3) is 10.8 Å². The van der Waals surface area contributed by atoms with Crippen molar-refractivity contribution in [1.29, 1.82) is 0 Å². The molecule has 1 aromatic carbocycles. The topological polar surface area (TPSA) is 48.0 Å². The van der Waals surface area contributed by atoms with Crippen LogP contribution in [-0.4, -0.2) is 4.68 Å². The Morgan fingerprint density at radius 3 is 2.85 bits per heavy atom. The van der Waals surface area contributed by atoms with Gasteiger partial charge in [-0.1, -0.05) is 18.2 Å². The number of pyridine rings is 1. The van der Waals surface area contributed by atoms with Crippen LogP contribution in [0.15, 0.2) is 35.3 Å². The van der Waals surface area contributed by atoms with Gasteiger partial charge < -0.3 is 5.84 Å². The van der Waals surface area contributed by atoms with Gasteiger partial charge in [0, 0.05) is 6.20 Å². The highest BCUT2D eigenvalue weighted by atomic mass is 31.0. The van der Waals surface area contributed by atoms with Crippen LogP contribution in [0, 0.1) is 0 Å². The van der Waals surface area contributed by atoms with E-state index in [0.717, 1.165) is 15.4 Å². The molecule has 0 aliphatic rings. The number of rotatable bonds is 0. The van der Waals surface area contributed by atoms with E-state index in [1.54, 1.807) is 6.20 Å². The van der Waals surface area contributed by atoms with E-state index in [9.17, 15) is 4.79 Å². The first-order valence-electron chi connectivity index (χ1n) is 3.85. The van der Waals surface area contributed by atoms with E-state index in [1.807, 2.05) is 24.3 Å². The molecule has 2 rings (SSSR count). The van der Waals surface area contributed by atoms with Crippen molar-refractivity contribution < 1.29 is 0 Å². The van der Waals surface area contributed by atoms with E-state index in [2.05, 4.69) is 9.24 Å². The summed E-state index contributed by atoms with van der Waals surface area (Å²) in [6.07, 6.45) is 1.56. The quantitative estimate of drug-likeness (QED) is 0.479. The second kappa shape index (κ2) is 2.86. The zero-order chi connectivity index (χ0) is 9.42. The van der Waals surface area contributed by atoms with Crippen LogP contribution in [0.3, 0.4) is 0 Å². The van der Waals surface area contributed by atoms with Gasteiger partial charge in [-0.25, -0.2) is 4.68 Å². The van der Waals surface area contributed by atoms with Crippen molar-refractivity contribution in [2.45, 2.75) is 0 Å². The van der Waals surface area contributed by atoms with Gasteiger partial charge in [-0.2, -0.15) is 0 Å². The summed E-state index contributed by atoms with van der Waals surface area (Å²) in [5.74, 6) is 5.45. The van der Waals surface area contributed by atoms with Crippen molar-refractivity contribution in [3.63, 3.8) is 0 Å². The van der Waals surface area contributed by atoms with Crippen LogP contribution >= 0.6 is 9.24 Å². The molecule has 0 amide bonds. The lowest BCUT2D eigenvalue weighted by molar-refractivity contribution is 0.954. The summed E-state index contributed by atoms with van der Waals surface area (Å²) in [5, 5.41) is 2.46. The molecule has 0 saturated heterocycles. The Hall–Kier alpha value is -1.34. The number of aromatic nitrogens is 1. The molecule has 66 valence electrons. The molecule has 1 atom stereocenters. The number of hydrogen-bond acceptors (Lipinski definition) is 2. The maximum atomic E-state index is 11.6. The molecule has 4 heteroatoms. The molecule has 0 aliphatic carbocycles. The number of nitrogens with two attached hydrogens (primary N) is 1. The molecule has 0 saturated carbocycles. The lowest BCUT2D eigenvalue weighted by atomic mass is 10.2. The molecule has 3 nitrogen and oxygen atoms in total. The third-order valence-electron chi connectivity index (χ3n) is 1.99. The minimum Gasteiger partial charge on any atom is -0.336 e. The summed E-state index contributed by atoms with van der Waals surface area (Å²) in [6, 6.07) is 7.49. The summed E-state index contributed by atoms with van der Waals surface area (Å²) < 4.78 is 1.09. The molecule has 2 N–H and O–H groups in total. The summed E-state index contributed by atoms with van der Waals surface area (Å²) in [7, 11) is 2.53. The van der Waals surface area contributed by atoms with Gasteiger partial charge in [0.05, 0.1) is 5.39 Å². The van der Waals surface area contributed by atoms with Gasteiger partial charge in [-0.15, -0.1) is 9.24 Å². The molecule has 0 aliphatic heterocycles. The van der Waals surface area contributed by atoms with Crippen molar-refractivity contribution in [3.8, 4) is 0 Å². The Bertz CT molecular complexity index is 518. The lowest BCUT2D eigenvalue weighted by Crippen LogP contribution is -2.28. The number of nitrogens with zero attached hydrogens (tertiary/aromatic N) is 1. The van der Waals surface area contributed by atoms with Crippen LogP contribution in [0.5, 0.6) is 0 Å². The maximum Gasteiger partial charge on any atom is 0.277 e. The molecular weight excluding hydrogens is 183 g/mol. The van der Waals surface area contributed by atoms with Gasteiger partial charge >= 0.3 is 0 Å². The first-order chi connectivity index (χ1) is 6.20. The number of benzene rings is 1. The molecule has 2 aromatic rings. The van der Waals surface area contributed by atoms with Crippen molar-refractivity contribution in [2.24, 2.45) is 0 Å². The molecule has 1 aromatic heterocycles. The van der Waals surface area contributed by atoms with Crippen LogP contribution in [0.4, 0.5) is 0 Å². The number of hydrogen-bond donors (Lipinski definition) is 1. The molecule has 0 fully saturated rings. The summed E-state index contributed by atoms with van der Waals surface area (Å²) >= 11 is 0. The van der Waals surface area contributed by atoms with Crippen LogP contribution in [0.1, 0.15) is 0 Å². The first kappa shape index (κ1) is 8.27. The van der Waals surface area contributed by atoms with Crippen LogP contribution in [-0.2, 0) is 0 Å². The second-order valence-corrected chi connectivity index (χ2v) is 3.46. The van der Waals surface area contributed by atoms with Crippen molar-refractivity contribution >= 4 is 25.3 Å². The lowest BCUT2D eigenvalue weighted by Gasteiger charge is -2.02. The van der Waals surface area contributed by atoms with E-state index in [1.165, 1.54) is 0 Å². The van der Waals surface area contributed by atoms with Gasteiger partial charge in [0.25, 0.3) is 5.56 Å². The Balaban J connectivity index is 3.06. The summed E-state index contributed by atoms with van der Waals surface area (Å²) in [5.41, 5.74) is -0.164. The van der Waals surface area contributed by atoms with Gasteiger partial charge in [0.1, 0.15) is 0 Å². The number of nitrogen functional groups attached to an aromatic ring is 1. The third-order valence-corrected chi connectivity index (χ3v) is 2.47. The standard InChI is InChI=1S/C9H9N2OP/c10-11-5-4-6-2-1-3-7(13)8(6)9(11)12/h1-5H,10,13H2. The van der Waals surface area contributed by atoms with E-state index in [0.29, 0.717) is 5.39 Å². The highest BCUT2D eigenvalue weighted by Gasteiger charge is 2.02. The fourth-order valence-corrected chi connectivity index (χ4v) is 1.73. The fraction of sp³-hybridized carbons (Fsp3) is 0. The molecule has 0 spiro atoms. The molecule has 0 bridgehead atoms. The molecule has 0 radical (unpaired) electrons. The van der Waals surface area contributed by atoms with E-state index < -0.39 is 0 Å². The smallest absolute Gasteiger partial charge is 0.277 e. The maximum absolute atomic E-state index is 11.6. The average Bonchev–Trinajstić information content (AvgIpc) is 2.12. The predicted molar refractivity (Wildman–Crippen MR) is 57.7 cm³/mol. The minimum absolute atomic E-state index is 0.164. The van der Waals surface area contributed by atoms with E-state index >= 15 is 0 Å². The van der Waals surface area contributed by atoms with Gasteiger partial charge in [0.15, 0.2) is 0 Å². The molecule has 13 heavy (non-hydrogen) atoms. The fourth-order valence-electron chi connectivity index (χ4n) is 1.33. The molecular formula is C9H9N2OP. The first-order valence-corrected chi connectivity index (χ1v) is 4.43. The normalized spacial score (nSPS) is 10.5. The van der Waals surface area contributed by atoms with Gasteiger partial charge in [-0.05, 0) is 16.8 Å². The van der Waals surface area contributed by atoms with E-state index in [-0.39, 0.29) is 5.56 Å². The Morgan fingerprint density at radius 2 is 2.08 bits per heavy atom. The Morgan fingerprint density at radius 1 is 1.31 bits per heavy atom. The van der Waals surface area contributed by atoms with Crippen molar-refractivity contribution in [3.05, 3.63) is 40.8 Å². The van der Waals surface area contributed by atoms with Gasteiger partial charge in [-0.3, -0.25) is 4.79 Å². The zero-order valence-corrected chi connectivity index (χ0v) is 8.05. The minimum atomic E-state index is -0.164. The second-order valence-electron chi connectivity index (χ2n) is 2.84. The monoisotopic (exact) mass is 192 g/mol. The Labute approximate surface area is 77.3 Å². The average molecular weight is 192 g/mol. The largest absolute Gasteiger partial charge is 0.336 e. The summed E-state index contributed by atoms with van der Waals surface area (Å²) in [6.45, 7) is 0. The van der Waals surface area contributed by atoms with Gasteiger partial charge in [0.2, 0.25) is 0 Å². The highest BCUT2D eigenvalue weighted by molar-refractivity contribution is 7.28. The van der Waals surface area contributed by atoms with Crippen LogP contribution < -0.4 is 16.7 Å². The molecule has 1 unspecified atom stereocenters. The predicted octanol–water partition coefficient (Wildman–Crippen LogP) is 0.216. The Kier molecular flexibility index (Phi) is 1.82. The zero-order valence-electron chi connectivity index (χ0n) is 6.90. The summed E-state index contributed by atoms with van der Waals surface area (Å²) in [4.78, 5) is 11.6. The van der Waals surface area contributed by atoms with Crippen molar-refractivity contribution in [2.75, 3.05) is 5.84 Å². The SMILES string of the molecule is Nn1ccc2cccc(P)c2c1=O. The number of fused-ring (bicyclic) bond motifs is 1. The van der Waals surface area contributed by atoms with Crippen molar-refractivity contribution in [1.82, 2.24) is 4.68 Å². The van der Waals surface area contributed by atoms with E-state index in [4.69, 9.17) is 5.84 Å². The van der Waals surface area contributed by atoms with Crippen LogP contribution in [0.2, 0.25) is 0 Å².